The fourth-order valence-corrected chi connectivity index (χ4v) is 4.00. The predicted molar refractivity (Wildman–Crippen MR) is 110 cm³/mol. The first-order chi connectivity index (χ1) is 13.4. The summed E-state index contributed by atoms with van der Waals surface area (Å²) in [6, 6.07) is 12.7. The number of unbranched alkanes of at least 4 members (excludes halogenated alkanes) is 2. The number of nitrogens with one attached hydrogen (secondary N) is 1. The van der Waals surface area contributed by atoms with Crippen LogP contribution in [0.5, 0.6) is 5.75 Å². The van der Waals surface area contributed by atoms with Crippen LogP contribution < -0.4 is 10.1 Å². The first-order valence-corrected chi connectivity index (χ1v) is 11.3. The molecule has 0 aliphatic heterocycles. The SMILES string of the molecule is CCCCCS(=O)(=O)CC(=O)NC(C)c1cccc(OCc2ccccn2)c1. The summed E-state index contributed by atoms with van der Waals surface area (Å²) in [7, 11) is -3.37. The van der Waals surface area contributed by atoms with E-state index in [-0.39, 0.29) is 11.8 Å². The van der Waals surface area contributed by atoms with Crippen molar-refractivity contribution < 1.29 is 17.9 Å². The molecule has 28 heavy (non-hydrogen) atoms. The third-order valence-corrected chi connectivity index (χ3v) is 5.87. The highest BCUT2D eigenvalue weighted by Gasteiger charge is 2.18. The number of sulfone groups is 1. The number of rotatable bonds is 11. The lowest BCUT2D eigenvalue weighted by Crippen LogP contribution is -2.33. The molecule has 1 unspecified atom stereocenters. The number of aromatic nitrogens is 1. The van der Waals surface area contributed by atoms with E-state index in [1.807, 2.05) is 56.3 Å². The Bertz CT molecular complexity index is 854. The maximum atomic E-state index is 12.1. The van der Waals surface area contributed by atoms with E-state index in [0.717, 1.165) is 24.1 Å². The van der Waals surface area contributed by atoms with E-state index in [1.54, 1.807) is 6.20 Å². The van der Waals surface area contributed by atoms with Gasteiger partial charge in [-0.3, -0.25) is 9.78 Å². The van der Waals surface area contributed by atoms with Crippen LogP contribution in [0.3, 0.4) is 0 Å². The fraction of sp³-hybridized carbons (Fsp3) is 0.429. The lowest BCUT2D eigenvalue weighted by molar-refractivity contribution is -0.119. The van der Waals surface area contributed by atoms with Gasteiger partial charge < -0.3 is 10.1 Å². The highest BCUT2D eigenvalue weighted by atomic mass is 32.2. The molecule has 1 aromatic heterocycles. The van der Waals surface area contributed by atoms with Crippen LogP contribution in [0.2, 0.25) is 0 Å². The second kappa shape index (κ2) is 10.8. The number of hydrogen-bond acceptors (Lipinski definition) is 5. The Morgan fingerprint density at radius 2 is 2.00 bits per heavy atom. The van der Waals surface area contributed by atoms with Crippen molar-refractivity contribution in [3.05, 3.63) is 59.9 Å². The van der Waals surface area contributed by atoms with Gasteiger partial charge in [0.05, 0.1) is 17.5 Å². The van der Waals surface area contributed by atoms with E-state index in [4.69, 9.17) is 4.74 Å². The molecule has 0 bridgehead atoms. The lowest BCUT2D eigenvalue weighted by atomic mass is 10.1. The minimum atomic E-state index is -3.37. The van der Waals surface area contributed by atoms with Crippen molar-refractivity contribution >= 4 is 15.7 Å². The number of benzene rings is 1. The molecule has 6 nitrogen and oxygen atoms in total. The molecule has 0 aliphatic carbocycles. The molecule has 0 saturated heterocycles. The van der Waals surface area contributed by atoms with Gasteiger partial charge in [-0.2, -0.15) is 0 Å². The Hall–Kier alpha value is -2.41. The number of pyridine rings is 1. The Labute approximate surface area is 167 Å². The molecule has 152 valence electrons. The summed E-state index contributed by atoms with van der Waals surface area (Å²) in [6.07, 6.45) is 4.10. The van der Waals surface area contributed by atoms with E-state index in [2.05, 4.69) is 10.3 Å². The van der Waals surface area contributed by atoms with Gasteiger partial charge in [0, 0.05) is 6.20 Å². The van der Waals surface area contributed by atoms with Gasteiger partial charge in [0.2, 0.25) is 5.91 Å². The maximum Gasteiger partial charge on any atom is 0.235 e. The van der Waals surface area contributed by atoms with E-state index in [9.17, 15) is 13.2 Å². The van der Waals surface area contributed by atoms with Crippen molar-refractivity contribution in [3.63, 3.8) is 0 Å². The van der Waals surface area contributed by atoms with Crippen LogP contribution >= 0.6 is 0 Å². The molecule has 1 aromatic carbocycles. The van der Waals surface area contributed by atoms with Crippen molar-refractivity contribution in [3.8, 4) is 5.75 Å². The van der Waals surface area contributed by atoms with Crippen LogP contribution in [0.1, 0.15) is 50.4 Å². The number of ether oxygens (including phenoxy) is 1. The maximum absolute atomic E-state index is 12.1. The zero-order chi connectivity index (χ0) is 20.4. The molecule has 1 atom stereocenters. The van der Waals surface area contributed by atoms with E-state index in [1.165, 1.54) is 0 Å². The highest BCUT2D eigenvalue weighted by Crippen LogP contribution is 2.20. The third-order valence-electron chi connectivity index (χ3n) is 4.26. The summed E-state index contributed by atoms with van der Waals surface area (Å²) in [5.74, 6) is -0.239. The molecule has 2 aromatic rings. The molecule has 0 aliphatic rings. The van der Waals surface area contributed by atoms with Crippen molar-refractivity contribution in [2.75, 3.05) is 11.5 Å². The summed E-state index contributed by atoms with van der Waals surface area (Å²) >= 11 is 0. The third kappa shape index (κ3) is 7.68. The number of nitrogens with zero attached hydrogens (tertiary/aromatic N) is 1. The van der Waals surface area contributed by atoms with Crippen molar-refractivity contribution in [1.82, 2.24) is 10.3 Å². The standard InChI is InChI=1S/C21H28N2O4S/c1-3-4-7-13-28(25,26)16-21(24)23-17(2)18-9-8-11-20(14-18)27-15-19-10-5-6-12-22-19/h5-6,8-12,14,17H,3-4,7,13,15-16H2,1-2H3,(H,23,24). The average Bonchev–Trinajstić information content (AvgIpc) is 2.67. The molecule has 1 amide bonds. The minimum Gasteiger partial charge on any atom is -0.487 e. The van der Waals surface area contributed by atoms with E-state index in [0.29, 0.717) is 18.8 Å². The van der Waals surface area contributed by atoms with Gasteiger partial charge >= 0.3 is 0 Å². The summed E-state index contributed by atoms with van der Waals surface area (Å²) in [4.78, 5) is 16.4. The van der Waals surface area contributed by atoms with Gasteiger partial charge in [-0.05, 0) is 43.2 Å². The zero-order valence-electron chi connectivity index (χ0n) is 16.4. The van der Waals surface area contributed by atoms with Crippen LogP contribution in [-0.4, -0.2) is 30.8 Å². The fourth-order valence-electron chi connectivity index (χ4n) is 2.72. The summed E-state index contributed by atoms with van der Waals surface area (Å²) in [5, 5.41) is 2.76. The molecule has 0 fully saturated rings. The van der Waals surface area contributed by atoms with Crippen LogP contribution in [0.25, 0.3) is 0 Å². The minimum absolute atomic E-state index is 0.0550. The number of carbonyl (C=O) groups is 1. The summed E-state index contributed by atoms with van der Waals surface area (Å²) in [6.45, 7) is 4.18. The lowest BCUT2D eigenvalue weighted by Gasteiger charge is -2.16. The summed E-state index contributed by atoms with van der Waals surface area (Å²) in [5.41, 5.74) is 1.66. The monoisotopic (exact) mass is 404 g/mol. The largest absolute Gasteiger partial charge is 0.487 e. The van der Waals surface area contributed by atoms with Gasteiger partial charge in [0.15, 0.2) is 9.84 Å². The molecule has 0 radical (unpaired) electrons. The van der Waals surface area contributed by atoms with Crippen molar-refractivity contribution in [2.24, 2.45) is 0 Å². The van der Waals surface area contributed by atoms with Crippen LogP contribution in [0.4, 0.5) is 0 Å². The Kier molecular flexibility index (Phi) is 8.44. The second-order valence-corrected chi connectivity index (χ2v) is 8.95. The Balaban J connectivity index is 1.89. The Morgan fingerprint density at radius 3 is 2.71 bits per heavy atom. The van der Waals surface area contributed by atoms with Crippen molar-refractivity contribution in [2.45, 2.75) is 45.8 Å². The van der Waals surface area contributed by atoms with E-state index >= 15 is 0 Å². The van der Waals surface area contributed by atoms with Gasteiger partial charge in [0.1, 0.15) is 18.1 Å². The molecule has 2 rings (SSSR count). The number of amides is 1. The van der Waals surface area contributed by atoms with Crippen LogP contribution in [0, 0.1) is 0 Å². The number of hydrogen-bond donors (Lipinski definition) is 1. The topological polar surface area (TPSA) is 85.4 Å². The molecule has 7 heteroatoms. The molecule has 0 saturated carbocycles. The molecular weight excluding hydrogens is 376 g/mol. The molecule has 0 spiro atoms. The molecule has 1 N–H and O–H groups in total. The molecule has 1 heterocycles. The van der Waals surface area contributed by atoms with Gasteiger partial charge in [-0.1, -0.05) is 38.0 Å². The highest BCUT2D eigenvalue weighted by molar-refractivity contribution is 7.92. The normalized spacial score (nSPS) is 12.4. The smallest absolute Gasteiger partial charge is 0.235 e. The second-order valence-electron chi connectivity index (χ2n) is 6.77. The predicted octanol–water partition coefficient (Wildman–Crippen LogP) is 3.44. The molecular formula is C21H28N2O4S. The number of carbonyl (C=O) groups excluding carboxylic acids is 1. The Morgan fingerprint density at radius 1 is 1.18 bits per heavy atom. The van der Waals surface area contributed by atoms with Gasteiger partial charge in [-0.15, -0.1) is 0 Å². The van der Waals surface area contributed by atoms with Crippen molar-refractivity contribution in [1.29, 1.82) is 0 Å². The average molecular weight is 405 g/mol. The van der Waals surface area contributed by atoms with Crippen LogP contribution in [0.15, 0.2) is 48.7 Å². The first kappa shape index (κ1) is 21.9. The zero-order valence-corrected chi connectivity index (χ0v) is 17.2. The van der Waals surface area contributed by atoms with Gasteiger partial charge in [-0.25, -0.2) is 8.42 Å². The first-order valence-electron chi connectivity index (χ1n) is 9.52. The van der Waals surface area contributed by atoms with Gasteiger partial charge in [0.25, 0.3) is 0 Å². The quantitative estimate of drug-likeness (QED) is 0.580. The summed E-state index contributed by atoms with van der Waals surface area (Å²) < 4.78 is 29.8. The van der Waals surface area contributed by atoms with E-state index < -0.39 is 21.5 Å². The van der Waals surface area contributed by atoms with Crippen LogP contribution in [-0.2, 0) is 21.2 Å².